The van der Waals surface area contributed by atoms with Crippen LogP contribution in [0.1, 0.15) is 25.0 Å². The topological polar surface area (TPSA) is 42.2 Å². The van der Waals surface area contributed by atoms with Crippen LogP contribution >= 0.6 is 0 Å². The van der Waals surface area contributed by atoms with E-state index in [1.165, 1.54) is 31.9 Å². The molecule has 1 aliphatic rings. The molecule has 0 unspecified atom stereocenters. The van der Waals surface area contributed by atoms with Crippen LogP contribution in [0.3, 0.4) is 0 Å². The molecule has 0 saturated carbocycles. The van der Waals surface area contributed by atoms with Gasteiger partial charge in [-0.25, -0.2) is 4.98 Å². The Morgan fingerprint density at radius 3 is 1.85 bits per heavy atom. The summed E-state index contributed by atoms with van der Waals surface area (Å²) in [5, 5.41) is 7.49. The van der Waals surface area contributed by atoms with Crippen LogP contribution in [0, 0.1) is 0 Å². The Kier molecular flexibility index (Phi) is 7.46. The van der Waals surface area contributed by atoms with Crippen molar-refractivity contribution in [2.45, 2.75) is 19.3 Å². The first kappa shape index (κ1) is 32.1. The fourth-order valence-corrected chi connectivity index (χ4v) is 13.5. The molecule has 0 fully saturated rings. The number of nitrogens with zero attached hydrogens (tertiary/aromatic N) is 3. The van der Waals surface area contributed by atoms with E-state index in [0.717, 1.165) is 50.4 Å². The summed E-state index contributed by atoms with van der Waals surface area (Å²) in [4.78, 5) is 12.1. The van der Waals surface area contributed by atoms with E-state index < -0.39 is 8.07 Å². The van der Waals surface area contributed by atoms with Crippen LogP contribution in [0.5, 0.6) is 0 Å². The van der Waals surface area contributed by atoms with Gasteiger partial charge in [-0.2, -0.15) is 0 Å². The Morgan fingerprint density at radius 1 is 0.481 bits per heavy atom. The summed E-state index contributed by atoms with van der Waals surface area (Å²) < 4.78 is 6.51. The first-order chi connectivity index (χ1) is 26.5. The number of aromatic nitrogens is 2. The summed E-state index contributed by atoms with van der Waals surface area (Å²) in [6.07, 6.45) is 3.75. The summed E-state index contributed by atoms with van der Waals surface area (Å²) in [6.45, 7) is 4.70. The lowest BCUT2D eigenvalue weighted by molar-refractivity contribution is 0.630. The van der Waals surface area contributed by atoms with Crippen LogP contribution < -0.4 is 25.6 Å². The van der Waals surface area contributed by atoms with E-state index in [2.05, 4.69) is 176 Å². The second-order valence-corrected chi connectivity index (χ2v) is 18.4. The summed E-state index contributed by atoms with van der Waals surface area (Å²) in [5.74, 6) is 0.868. The van der Waals surface area contributed by atoms with Gasteiger partial charge >= 0.3 is 0 Å². The van der Waals surface area contributed by atoms with Gasteiger partial charge in [-0.15, -0.1) is 0 Å². The molecule has 0 atom stereocenters. The summed E-state index contributed by atoms with van der Waals surface area (Å²) in [7, 11) is -2.95. The van der Waals surface area contributed by atoms with Gasteiger partial charge in [-0.3, -0.25) is 9.88 Å². The largest absolute Gasteiger partial charge is 0.456 e. The van der Waals surface area contributed by atoms with E-state index in [1.807, 2.05) is 30.6 Å². The molecule has 0 radical (unpaired) electrons. The molecule has 10 rings (SSSR count). The van der Waals surface area contributed by atoms with Crippen molar-refractivity contribution in [3.05, 3.63) is 199 Å². The van der Waals surface area contributed by atoms with E-state index in [-0.39, 0.29) is 5.41 Å². The molecule has 0 N–H and O–H groups in total. The third kappa shape index (κ3) is 4.89. The number of benzene rings is 6. The number of rotatable bonds is 6. The van der Waals surface area contributed by atoms with Gasteiger partial charge in [0.1, 0.15) is 17.0 Å². The quantitative estimate of drug-likeness (QED) is 0.127. The highest BCUT2D eigenvalue weighted by atomic mass is 28.3. The maximum atomic E-state index is 6.51. The highest BCUT2D eigenvalue weighted by molar-refractivity contribution is 7.20. The molecule has 258 valence electrons. The van der Waals surface area contributed by atoms with E-state index >= 15 is 0 Å². The molecule has 0 aliphatic carbocycles. The van der Waals surface area contributed by atoms with Gasteiger partial charge in [0.25, 0.3) is 0 Å². The van der Waals surface area contributed by atoms with Gasteiger partial charge in [0, 0.05) is 40.2 Å². The third-order valence-corrected chi connectivity index (χ3v) is 16.1. The lowest BCUT2D eigenvalue weighted by Crippen LogP contribution is -2.74. The standard InChI is InChI=1S/C49H37N3OSi/c1-49(2)41-27-26-38(31-44(41)52(48-25-12-14-29-51-48)45-33-47-40(32-42(45)49)39-22-9-10-24-46(39)53-47)54(35-17-5-3-6-18-35,36-19-7-4-8-20-36)37-21-15-16-34(30-37)43-23-11-13-28-50-43/h3-33H,1-2H3. The fraction of sp³-hybridized carbons (Fsp3) is 0.0612. The van der Waals surface area contributed by atoms with E-state index in [1.54, 1.807) is 0 Å². The second-order valence-electron chi connectivity index (χ2n) is 14.6. The Hall–Kier alpha value is -6.56. The fourth-order valence-electron chi connectivity index (χ4n) is 8.75. The molecule has 0 saturated heterocycles. The number of fused-ring (bicyclic) bond motifs is 5. The lowest BCUT2D eigenvalue weighted by Gasteiger charge is -2.43. The van der Waals surface area contributed by atoms with Gasteiger partial charge in [0.15, 0.2) is 8.07 Å². The summed E-state index contributed by atoms with van der Waals surface area (Å²) in [6, 6.07) is 63.8. The molecule has 0 amide bonds. The first-order valence-corrected chi connectivity index (χ1v) is 20.5. The molecule has 0 spiro atoms. The first-order valence-electron chi connectivity index (χ1n) is 18.5. The Labute approximate surface area is 316 Å². The summed E-state index contributed by atoms with van der Waals surface area (Å²) >= 11 is 0. The van der Waals surface area contributed by atoms with Crippen molar-refractivity contribution in [1.29, 1.82) is 0 Å². The van der Waals surface area contributed by atoms with Crippen LogP contribution in [0.15, 0.2) is 193 Å². The van der Waals surface area contributed by atoms with Crippen molar-refractivity contribution < 1.29 is 4.42 Å². The van der Waals surface area contributed by atoms with Crippen molar-refractivity contribution >= 4 is 68.0 Å². The van der Waals surface area contributed by atoms with Crippen molar-refractivity contribution in [2.75, 3.05) is 4.90 Å². The maximum absolute atomic E-state index is 6.51. The van der Waals surface area contributed by atoms with Gasteiger partial charge < -0.3 is 4.42 Å². The summed E-state index contributed by atoms with van der Waals surface area (Å²) in [5.41, 5.74) is 8.22. The molecule has 1 aliphatic heterocycles. The minimum absolute atomic E-state index is 0.316. The Bertz CT molecular complexity index is 2760. The number of pyridine rings is 2. The second kappa shape index (κ2) is 12.5. The van der Waals surface area contributed by atoms with Gasteiger partial charge in [0.05, 0.1) is 17.1 Å². The minimum Gasteiger partial charge on any atom is -0.456 e. The molecular weight excluding hydrogens is 675 g/mol. The number of para-hydroxylation sites is 1. The molecule has 0 bridgehead atoms. The monoisotopic (exact) mass is 711 g/mol. The van der Waals surface area contributed by atoms with Crippen molar-refractivity contribution in [1.82, 2.24) is 9.97 Å². The van der Waals surface area contributed by atoms with Crippen molar-refractivity contribution in [3.63, 3.8) is 0 Å². The number of anilines is 3. The van der Waals surface area contributed by atoms with E-state index in [9.17, 15) is 0 Å². The van der Waals surface area contributed by atoms with Crippen LogP contribution in [-0.4, -0.2) is 18.0 Å². The van der Waals surface area contributed by atoms with Crippen LogP contribution in [0.25, 0.3) is 33.2 Å². The number of hydrogen-bond acceptors (Lipinski definition) is 4. The normalized spacial score (nSPS) is 13.5. The highest BCUT2D eigenvalue weighted by Gasteiger charge is 2.44. The zero-order chi connectivity index (χ0) is 36.3. The highest BCUT2D eigenvalue weighted by Crippen LogP contribution is 2.53. The molecule has 6 aromatic carbocycles. The average molecular weight is 712 g/mol. The Morgan fingerprint density at radius 2 is 1.13 bits per heavy atom. The van der Waals surface area contributed by atoms with Crippen molar-refractivity contribution in [2.24, 2.45) is 0 Å². The number of hydrogen-bond donors (Lipinski definition) is 0. The molecule has 4 heterocycles. The van der Waals surface area contributed by atoms with Gasteiger partial charge in [0.2, 0.25) is 0 Å². The lowest BCUT2D eigenvalue weighted by atomic mass is 9.73. The third-order valence-electron chi connectivity index (χ3n) is 11.3. The molecule has 54 heavy (non-hydrogen) atoms. The zero-order valence-electron chi connectivity index (χ0n) is 30.1. The van der Waals surface area contributed by atoms with Crippen molar-refractivity contribution in [3.8, 4) is 11.3 Å². The molecule has 3 aromatic heterocycles. The SMILES string of the molecule is CC1(C)c2ccc([Si](c3ccccc3)(c3ccccc3)c3cccc(-c4ccccn4)c3)cc2N(c2ccccn2)c2cc3oc4ccccc4c3cc21. The van der Waals surface area contributed by atoms with Crippen LogP contribution in [-0.2, 0) is 5.41 Å². The smallest absolute Gasteiger partial charge is 0.179 e. The molecule has 9 aromatic rings. The van der Waals surface area contributed by atoms with Crippen LogP contribution in [0.2, 0.25) is 0 Å². The molecular formula is C49H37N3OSi. The number of furan rings is 1. The zero-order valence-corrected chi connectivity index (χ0v) is 31.1. The predicted octanol–water partition coefficient (Wildman–Crippen LogP) is 9.53. The van der Waals surface area contributed by atoms with E-state index in [0.29, 0.717) is 0 Å². The van der Waals surface area contributed by atoms with Gasteiger partial charge in [-0.05, 0) is 74.3 Å². The molecule has 5 heteroatoms. The maximum Gasteiger partial charge on any atom is 0.179 e. The Balaban J connectivity index is 1.28. The average Bonchev–Trinajstić information content (AvgIpc) is 3.60. The van der Waals surface area contributed by atoms with E-state index in [4.69, 9.17) is 14.4 Å². The van der Waals surface area contributed by atoms with Crippen LogP contribution in [0.4, 0.5) is 17.2 Å². The molecule has 4 nitrogen and oxygen atoms in total. The van der Waals surface area contributed by atoms with Gasteiger partial charge in [-0.1, -0.05) is 141 Å². The predicted molar refractivity (Wildman–Crippen MR) is 225 cm³/mol. The minimum atomic E-state index is -2.95.